The van der Waals surface area contributed by atoms with Gasteiger partial charge in [0.05, 0.1) is 22.7 Å². The maximum Gasteiger partial charge on any atom is 0.138 e. The molecule has 0 radical (unpaired) electrons. The lowest BCUT2D eigenvalue weighted by Crippen LogP contribution is -2.07. The lowest BCUT2D eigenvalue weighted by atomic mass is 10.3. The fourth-order valence-corrected chi connectivity index (χ4v) is 3.61. The van der Waals surface area contributed by atoms with Gasteiger partial charge in [-0.3, -0.25) is 0 Å². The number of aryl methyl sites for hydroxylation is 2. The molecule has 0 aliphatic carbocycles. The zero-order valence-corrected chi connectivity index (χ0v) is 13.7. The molecule has 0 amide bonds. The molecule has 0 unspecified atom stereocenters. The van der Waals surface area contributed by atoms with Gasteiger partial charge < -0.3 is 9.88 Å². The number of rotatable bonds is 5. The van der Waals surface area contributed by atoms with Gasteiger partial charge in [-0.25, -0.2) is 15.0 Å². The fourth-order valence-electron chi connectivity index (χ4n) is 2.76. The zero-order chi connectivity index (χ0) is 15.6. The number of benzene rings is 1. The van der Waals surface area contributed by atoms with E-state index in [4.69, 9.17) is 0 Å². The van der Waals surface area contributed by atoms with E-state index in [9.17, 15) is 0 Å². The van der Waals surface area contributed by atoms with E-state index < -0.39 is 0 Å². The highest BCUT2D eigenvalue weighted by atomic mass is 32.1. The molecule has 0 aliphatic rings. The first kappa shape index (κ1) is 14.1. The van der Waals surface area contributed by atoms with Crippen LogP contribution in [0.1, 0.15) is 11.3 Å². The summed E-state index contributed by atoms with van der Waals surface area (Å²) in [6.07, 6.45) is 4.55. The van der Waals surface area contributed by atoms with Crippen LogP contribution < -0.4 is 5.32 Å². The van der Waals surface area contributed by atoms with E-state index in [0.29, 0.717) is 0 Å². The van der Waals surface area contributed by atoms with E-state index in [1.165, 1.54) is 10.4 Å². The molecule has 0 atom stereocenters. The highest BCUT2D eigenvalue weighted by molar-refractivity contribution is 7.18. The first-order valence-corrected chi connectivity index (χ1v) is 8.48. The summed E-state index contributed by atoms with van der Waals surface area (Å²) >= 11 is 1.70. The Bertz CT molecular complexity index is 956. The molecule has 3 aromatic heterocycles. The second-order valence-electron chi connectivity index (χ2n) is 5.51. The molecule has 0 saturated carbocycles. The summed E-state index contributed by atoms with van der Waals surface area (Å²) in [6.45, 7) is 3.90. The third-order valence-corrected chi connectivity index (χ3v) is 4.81. The van der Waals surface area contributed by atoms with E-state index >= 15 is 0 Å². The molecule has 3 heterocycles. The van der Waals surface area contributed by atoms with Gasteiger partial charge in [-0.2, -0.15) is 0 Å². The van der Waals surface area contributed by atoms with Crippen LogP contribution in [0.4, 0.5) is 5.82 Å². The van der Waals surface area contributed by atoms with Gasteiger partial charge >= 0.3 is 0 Å². The molecule has 0 saturated heterocycles. The zero-order valence-electron chi connectivity index (χ0n) is 12.9. The number of thiophene rings is 1. The number of nitrogens with zero attached hydrogens (tertiary/aromatic N) is 4. The van der Waals surface area contributed by atoms with Gasteiger partial charge in [-0.15, -0.1) is 11.3 Å². The Morgan fingerprint density at radius 1 is 1.17 bits per heavy atom. The van der Waals surface area contributed by atoms with Crippen molar-refractivity contribution in [2.24, 2.45) is 0 Å². The monoisotopic (exact) mass is 323 g/mol. The predicted molar refractivity (Wildman–Crippen MR) is 95.0 cm³/mol. The second kappa shape index (κ2) is 5.96. The van der Waals surface area contributed by atoms with E-state index in [1.54, 1.807) is 17.7 Å². The first-order valence-electron chi connectivity index (χ1n) is 7.66. The Balaban J connectivity index is 1.42. The molecule has 23 heavy (non-hydrogen) atoms. The summed E-state index contributed by atoms with van der Waals surface area (Å²) in [4.78, 5) is 15.4. The number of hydrogen-bond donors (Lipinski definition) is 1. The number of nitrogens with one attached hydrogen (secondary N) is 1. The summed E-state index contributed by atoms with van der Waals surface area (Å²) in [6, 6.07) is 10.4. The topological polar surface area (TPSA) is 55.6 Å². The molecule has 0 spiro atoms. The molecule has 6 heteroatoms. The van der Waals surface area contributed by atoms with Crippen LogP contribution in [0.2, 0.25) is 0 Å². The van der Waals surface area contributed by atoms with Gasteiger partial charge in [0.2, 0.25) is 0 Å². The van der Waals surface area contributed by atoms with E-state index in [-0.39, 0.29) is 0 Å². The molecule has 1 aromatic carbocycles. The smallest absolute Gasteiger partial charge is 0.138 e. The minimum Gasteiger partial charge on any atom is -0.369 e. The third kappa shape index (κ3) is 2.77. The van der Waals surface area contributed by atoms with E-state index in [0.717, 1.165) is 41.1 Å². The minimum absolute atomic E-state index is 0.869. The molecule has 0 bridgehead atoms. The molecule has 1 N–H and O–H groups in total. The highest BCUT2D eigenvalue weighted by Gasteiger charge is 2.06. The van der Waals surface area contributed by atoms with Crippen molar-refractivity contribution >= 4 is 38.4 Å². The van der Waals surface area contributed by atoms with Crippen LogP contribution in [0.3, 0.4) is 0 Å². The average Bonchev–Trinajstić information content (AvgIpc) is 3.14. The van der Waals surface area contributed by atoms with Crippen LogP contribution in [0.25, 0.3) is 21.3 Å². The molecule has 116 valence electrons. The van der Waals surface area contributed by atoms with Crippen molar-refractivity contribution in [2.75, 3.05) is 11.9 Å². The largest absolute Gasteiger partial charge is 0.369 e. The summed E-state index contributed by atoms with van der Waals surface area (Å²) in [7, 11) is 0. The standard InChI is InChI=1S/C17H17N5S/c1-12-9-13-16(19-10-20-17(13)23-12)18-7-4-8-22-11-21-14-5-2-3-6-15(14)22/h2-3,5-6,9-11H,4,7-8H2,1H3,(H,18,19,20). The summed E-state index contributed by atoms with van der Waals surface area (Å²) in [5.74, 6) is 0.926. The Morgan fingerprint density at radius 3 is 3.04 bits per heavy atom. The van der Waals surface area contributed by atoms with E-state index in [1.807, 2.05) is 18.5 Å². The summed E-state index contributed by atoms with van der Waals surface area (Å²) in [5.41, 5.74) is 2.23. The van der Waals surface area contributed by atoms with Crippen molar-refractivity contribution in [3.05, 3.63) is 47.9 Å². The lowest BCUT2D eigenvalue weighted by Gasteiger charge is -2.07. The van der Waals surface area contributed by atoms with Gasteiger partial charge in [0.15, 0.2) is 0 Å². The van der Waals surface area contributed by atoms with Crippen molar-refractivity contribution in [1.82, 2.24) is 19.5 Å². The molecular formula is C17H17N5S. The number of imidazole rings is 1. The number of para-hydroxylation sites is 2. The predicted octanol–water partition coefficient (Wildman–Crippen LogP) is 3.85. The minimum atomic E-state index is 0.869. The quantitative estimate of drug-likeness (QED) is 0.567. The number of hydrogen-bond acceptors (Lipinski definition) is 5. The SMILES string of the molecule is Cc1cc2c(NCCCn3cnc4ccccc43)ncnc2s1. The Labute approximate surface area is 138 Å². The van der Waals surface area contributed by atoms with E-state index in [2.05, 4.69) is 50.0 Å². The number of aromatic nitrogens is 4. The Kier molecular flexibility index (Phi) is 3.67. The van der Waals surface area contributed by atoms with Gasteiger partial charge in [0, 0.05) is 18.0 Å². The van der Waals surface area contributed by atoms with Gasteiger partial charge in [0.1, 0.15) is 17.0 Å². The summed E-state index contributed by atoms with van der Waals surface area (Å²) in [5, 5.41) is 4.55. The van der Waals surface area contributed by atoms with Gasteiger partial charge in [0.25, 0.3) is 0 Å². The molecule has 4 aromatic rings. The van der Waals surface area contributed by atoms with Crippen molar-refractivity contribution in [3.63, 3.8) is 0 Å². The highest BCUT2D eigenvalue weighted by Crippen LogP contribution is 2.27. The normalized spacial score (nSPS) is 11.3. The Hall–Kier alpha value is -2.47. The second-order valence-corrected chi connectivity index (χ2v) is 6.74. The summed E-state index contributed by atoms with van der Waals surface area (Å²) < 4.78 is 2.20. The van der Waals surface area contributed by atoms with Crippen molar-refractivity contribution < 1.29 is 0 Å². The maximum absolute atomic E-state index is 4.42. The number of fused-ring (bicyclic) bond motifs is 2. The van der Waals surface area contributed by atoms with Crippen LogP contribution >= 0.6 is 11.3 Å². The first-order chi connectivity index (χ1) is 11.3. The van der Waals surface area contributed by atoms with Crippen molar-refractivity contribution in [2.45, 2.75) is 19.9 Å². The molecule has 0 aliphatic heterocycles. The van der Waals surface area contributed by atoms with Crippen LogP contribution in [0.5, 0.6) is 0 Å². The van der Waals surface area contributed by atoms with Crippen molar-refractivity contribution in [3.8, 4) is 0 Å². The number of anilines is 1. The van der Waals surface area contributed by atoms with Crippen LogP contribution in [-0.4, -0.2) is 26.1 Å². The molecular weight excluding hydrogens is 306 g/mol. The third-order valence-electron chi connectivity index (χ3n) is 3.85. The van der Waals surface area contributed by atoms with Crippen molar-refractivity contribution in [1.29, 1.82) is 0 Å². The van der Waals surface area contributed by atoms with Crippen LogP contribution in [-0.2, 0) is 6.54 Å². The van der Waals surface area contributed by atoms with Crippen LogP contribution in [0.15, 0.2) is 43.0 Å². The molecule has 0 fully saturated rings. The molecule has 4 rings (SSSR count). The fraction of sp³-hybridized carbons (Fsp3) is 0.235. The van der Waals surface area contributed by atoms with Gasteiger partial charge in [-0.1, -0.05) is 12.1 Å². The van der Waals surface area contributed by atoms with Gasteiger partial charge in [-0.05, 0) is 31.5 Å². The molecule has 5 nitrogen and oxygen atoms in total. The average molecular weight is 323 g/mol. The Morgan fingerprint density at radius 2 is 2.09 bits per heavy atom. The maximum atomic E-state index is 4.42. The van der Waals surface area contributed by atoms with Crippen LogP contribution in [0, 0.1) is 6.92 Å². The lowest BCUT2D eigenvalue weighted by molar-refractivity contribution is 0.677.